The number of rotatable bonds is 5. The van der Waals surface area contributed by atoms with E-state index in [0.717, 1.165) is 11.4 Å². The Morgan fingerprint density at radius 2 is 1.91 bits per heavy atom. The van der Waals surface area contributed by atoms with E-state index in [9.17, 15) is 9.59 Å². The van der Waals surface area contributed by atoms with Gasteiger partial charge in [-0.1, -0.05) is 30.3 Å². The van der Waals surface area contributed by atoms with E-state index in [4.69, 9.17) is 5.11 Å². The van der Waals surface area contributed by atoms with Crippen LogP contribution in [0.1, 0.15) is 15.9 Å². The number of carbonyl (C=O) groups is 2. The van der Waals surface area contributed by atoms with Gasteiger partial charge in [-0.05, 0) is 23.8 Å². The fourth-order valence-electron chi connectivity index (χ4n) is 2.37. The Balaban J connectivity index is 1.62. The molecule has 0 aromatic heterocycles. The highest BCUT2D eigenvalue weighted by Gasteiger charge is 2.25. The molecule has 3 N–H and O–H groups in total. The van der Waals surface area contributed by atoms with E-state index < -0.39 is 5.97 Å². The molecular weight excluding hydrogens is 312 g/mol. The lowest BCUT2D eigenvalue weighted by atomic mass is 10.1. The molecule has 23 heavy (non-hydrogen) atoms. The van der Waals surface area contributed by atoms with Crippen LogP contribution in [0.2, 0.25) is 0 Å². The van der Waals surface area contributed by atoms with Crippen LogP contribution in [0.4, 0.5) is 11.4 Å². The molecule has 1 aliphatic heterocycles. The smallest absolute Gasteiger partial charge is 0.335 e. The van der Waals surface area contributed by atoms with Gasteiger partial charge in [-0.25, -0.2) is 4.79 Å². The molecule has 1 heterocycles. The lowest BCUT2D eigenvalue weighted by molar-refractivity contribution is -0.116. The van der Waals surface area contributed by atoms with Crippen LogP contribution in [-0.4, -0.2) is 28.8 Å². The van der Waals surface area contributed by atoms with E-state index in [2.05, 4.69) is 22.8 Å². The third-order valence-corrected chi connectivity index (χ3v) is 4.67. The van der Waals surface area contributed by atoms with Crippen molar-refractivity contribution in [2.45, 2.75) is 11.8 Å². The van der Waals surface area contributed by atoms with Gasteiger partial charge in [-0.2, -0.15) is 11.8 Å². The van der Waals surface area contributed by atoms with E-state index in [1.54, 1.807) is 17.8 Å². The van der Waals surface area contributed by atoms with Gasteiger partial charge in [-0.15, -0.1) is 0 Å². The van der Waals surface area contributed by atoms with E-state index in [1.807, 2.05) is 18.2 Å². The largest absolute Gasteiger partial charge is 0.478 e. The molecule has 6 heteroatoms. The first-order valence-electron chi connectivity index (χ1n) is 7.20. The molecule has 1 aliphatic rings. The number of hydrogen-bond acceptors (Lipinski definition) is 4. The first-order chi connectivity index (χ1) is 11.1. The van der Waals surface area contributed by atoms with Gasteiger partial charge < -0.3 is 15.7 Å². The topological polar surface area (TPSA) is 78.4 Å². The van der Waals surface area contributed by atoms with Crippen molar-refractivity contribution in [3.05, 3.63) is 59.7 Å². The summed E-state index contributed by atoms with van der Waals surface area (Å²) in [5.74, 6) is 0.334. The molecule has 2 aromatic rings. The number of anilines is 2. The minimum Gasteiger partial charge on any atom is -0.478 e. The molecule has 0 spiro atoms. The number of hydrogen-bond donors (Lipinski definition) is 3. The predicted octanol–water partition coefficient (Wildman–Crippen LogP) is 3.05. The minimum atomic E-state index is -1.01. The number of carboxylic acids is 1. The zero-order valence-electron chi connectivity index (χ0n) is 12.3. The van der Waals surface area contributed by atoms with Gasteiger partial charge in [0.15, 0.2) is 0 Å². The Morgan fingerprint density at radius 3 is 2.65 bits per heavy atom. The molecule has 0 bridgehead atoms. The maximum absolute atomic E-state index is 12.1. The second-order valence-corrected chi connectivity index (χ2v) is 6.28. The van der Waals surface area contributed by atoms with E-state index in [0.29, 0.717) is 11.4 Å². The van der Waals surface area contributed by atoms with Crippen LogP contribution >= 0.6 is 11.8 Å². The third kappa shape index (κ3) is 3.65. The van der Waals surface area contributed by atoms with Gasteiger partial charge in [0.2, 0.25) is 5.91 Å². The average Bonchev–Trinajstić information content (AvgIpc) is 2.55. The lowest BCUT2D eigenvalue weighted by Crippen LogP contribution is -2.40. The normalized spacial score (nSPS) is 16.2. The molecule has 1 atom stereocenters. The number of thioether (sulfide) groups is 1. The second-order valence-electron chi connectivity index (χ2n) is 5.25. The highest BCUT2D eigenvalue weighted by atomic mass is 32.2. The Hall–Kier alpha value is -2.47. The van der Waals surface area contributed by atoms with Gasteiger partial charge in [0, 0.05) is 11.5 Å². The molecular formula is C17H16N2O3S. The first kappa shape index (κ1) is 15.4. The van der Waals surface area contributed by atoms with Crippen LogP contribution in [0.5, 0.6) is 0 Å². The van der Waals surface area contributed by atoms with Crippen LogP contribution in [-0.2, 0) is 10.5 Å². The van der Waals surface area contributed by atoms with E-state index in [1.165, 1.54) is 17.7 Å². The van der Waals surface area contributed by atoms with Gasteiger partial charge in [0.25, 0.3) is 0 Å². The highest BCUT2D eigenvalue weighted by molar-refractivity contribution is 7.98. The quantitative estimate of drug-likeness (QED) is 0.786. The summed E-state index contributed by atoms with van der Waals surface area (Å²) in [6, 6.07) is 14.4. The van der Waals surface area contributed by atoms with Gasteiger partial charge in [-0.3, -0.25) is 4.79 Å². The molecule has 1 amide bonds. The van der Waals surface area contributed by atoms with Crippen LogP contribution in [0, 0.1) is 0 Å². The number of fused-ring (bicyclic) bond motifs is 1. The SMILES string of the molecule is O=C(O)c1ccc2c(c1)NC(=O)C(CSCc1ccccc1)N2. The molecule has 5 nitrogen and oxygen atoms in total. The van der Waals surface area contributed by atoms with Crippen molar-refractivity contribution in [1.82, 2.24) is 0 Å². The van der Waals surface area contributed by atoms with Gasteiger partial charge >= 0.3 is 5.97 Å². The molecule has 0 radical (unpaired) electrons. The lowest BCUT2D eigenvalue weighted by Gasteiger charge is -2.26. The summed E-state index contributed by atoms with van der Waals surface area (Å²) in [5, 5.41) is 14.9. The van der Waals surface area contributed by atoms with Crippen molar-refractivity contribution in [3.63, 3.8) is 0 Å². The fourth-order valence-corrected chi connectivity index (χ4v) is 3.38. The Bertz CT molecular complexity index is 734. The summed E-state index contributed by atoms with van der Waals surface area (Å²) in [7, 11) is 0. The Kier molecular flexibility index (Phi) is 4.52. The molecule has 0 saturated heterocycles. The summed E-state index contributed by atoms with van der Waals surface area (Å²) in [6.45, 7) is 0. The summed E-state index contributed by atoms with van der Waals surface area (Å²) in [6.07, 6.45) is 0. The summed E-state index contributed by atoms with van der Waals surface area (Å²) < 4.78 is 0. The number of nitrogens with one attached hydrogen (secondary N) is 2. The molecule has 0 aliphatic carbocycles. The summed E-state index contributed by atoms with van der Waals surface area (Å²) in [5.41, 5.74) is 2.64. The van der Waals surface area contributed by atoms with Crippen molar-refractivity contribution in [2.24, 2.45) is 0 Å². The molecule has 0 saturated carbocycles. The molecule has 118 valence electrons. The number of amides is 1. The van der Waals surface area contributed by atoms with Crippen LogP contribution in [0.3, 0.4) is 0 Å². The van der Waals surface area contributed by atoms with E-state index in [-0.39, 0.29) is 17.5 Å². The Labute approximate surface area is 138 Å². The molecule has 3 rings (SSSR count). The van der Waals surface area contributed by atoms with Gasteiger partial charge in [0.05, 0.1) is 16.9 Å². The summed E-state index contributed by atoms with van der Waals surface area (Å²) in [4.78, 5) is 23.1. The van der Waals surface area contributed by atoms with Crippen molar-refractivity contribution in [3.8, 4) is 0 Å². The van der Waals surface area contributed by atoms with Crippen molar-refractivity contribution in [2.75, 3.05) is 16.4 Å². The number of carboxylic acid groups (broad SMARTS) is 1. The standard InChI is InChI=1S/C17H16N2O3S/c20-16-15(10-23-9-11-4-2-1-3-5-11)18-13-7-6-12(17(21)22)8-14(13)19-16/h1-8,15,18H,9-10H2,(H,19,20)(H,21,22). The average molecular weight is 328 g/mol. The summed E-state index contributed by atoms with van der Waals surface area (Å²) >= 11 is 1.68. The predicted molar refractivity (Wildman–Crippen MR) is 92.0 cm³/mol. The number of aromatic carboxylic acids is 1. The zero-order chi connectivity index (χ0) is 16.2. The first-order valence-corrected chi connectivity index (χ1v) is 8.35. The molecule has 1 unspecified atom stereocenters. The van der Waals surface area contributed by atoms with Crippen molar-refractivity contribution < 1.29 is 14.7 Å². The molecule has 0 fully saturated rings. The fraction of sp³-hybridized carbons (Fsp3) is 0.176. The van der Waals surface area contributed by atoms with Crippen molar-refractivity contribution in [1.29, 1.82) is 0 Å². The highest BCUT2D eigenvalue weighted by Crippen LogP contribution is 2.29. The van der Waals surface area contributed by atoms with Crippen LogP contribution in [0.25, 0.3) is 0 Å². The number of benzene rings is 2. The monoisotopic (exact) mass is 328 g/mol. The van der Waals surface area contributed by atoms with Crippen LogP contribution in [0.15, 0.2) is 48.5 Å². The maximum Gasteiger partial charge on any atom is 0.335 e. The third-order valence-electron chi connectivity index (χ3n) is 3.57. The van der Waals surface area contributed by atoms with Gasteiger partial charge in [0.1, 0.15) is 6.04 Å². The molecule has 2 aromatic carbocycles. The maximum atomic E-state index is 12.1. The second kappa shape index (κ2) is 6.75. The Morgan fingerprint density at radius 1 is 1.13 bits per heavy atom. The zero-order valence-corrected chi connectivity index (χ0v) is 13.1. The number of carbonyl (C=O) groups excluding carboxylic acids is 1. The van der Waals surface area contributed by atoms with Crippen LogP contribution < -0.4 is 10.6 Å². The van der Waals surface area contributed by atoms with E-state index >= 15 is 0 Å². The minimum absolute atomic E-state index is 0.138. The van der Waals surface area contributed by atoms with Crippen molar-refractivity contribution >= 4 is 35.0 Å².